The van der Waals surface area contributed by atoms with Gasteiger partial charge in [-0.05, 0) is 12.3 Å². The summed E-state index contributed by atoms with van der Waals surface area (Å²) in [6, 6.07) is -0.921. The molecule has 0 aromatic rings. The van der Waals surface area contributed by atoms with Crippen LogP contribution in [-0.2, 0) is 14.2 Å². The lowest BCUT2D eigenvalue weighted by molar-refractivity contribution is -0.311. The molecular formula is C16H32N2O6. The van der Waals surface area contributed by atoms with Crippen LogP contribution < -0.4 is 11.5 Å². The number of hydrogen-bond acceptors (Lipinski definition) is 8. The molecule has 2 aliphatic heterocycles. The summed E-state index contributed by atoms with van der Waals surface area (Å²) >= 11 is 0. The normalized spacial score (nSPS) is 50.2. The largest absolute Gasteiger partial charge is 0.390 e. The number of aliphatic hydroxyl groups is 3. The van der Waals surface area contributed by atoms with Crippen LogP contribution in [0.1, 0.15) is 34.1 Å². The van der Waals surface area contributed by atoms with Crippen molar-refractivity contribution in [1.29, 1.82) is 0 Å². The Kier molecular flexibility index (Phi) is 6.60. The summed E-state index contributed by atoms with van der Waals surface area (Å²) in [5, 5.41) is 30.6. The van der Waals surface area contributed by atoms with E-state index in [0.717, 1.165) is 0 Å². The predicted molar refractivity (Wildman–Crippen MR) is 86.7 cm³/mol. The van der Waals surface area contributed by atoms with E-state index in [9.17, 15) is 15.3 Å². The molecule has 0 aromatic carbocycles. The van der Waals surface area contributed by atoms with E-state index < -0.39 is 49.1 Å². The molecule has 2 rings (SSSR count). The predicted octanol–water partition coefficient (Wildman–Crippen LogP) is -1.11. The van der Waals surface area contributed by atoms with E-state index in [2.05, 4.69) is 0 Å². The lowest BCUT2D eigenvalue weighted by Gasteiger charge is -2.47. The fourth-order valence-corrected chi connectivity index (χ4v) is 3.47. The molecule has 0 radical (unpaired) electrons. The van der Waals surface area contributed by atoms with Crippen LogP contribution in [0.4, 0.5) is 0 Å². The highest BCUT2D eigenvalue weighted by Gasteiger charge is 2.48. The van der Waals surface area contributed by atoms with E-state index in [4.69, 9.17) is 25.7 Å². The van der Waals surface area contributed by atoms with Crippen LogP contribution in [0, 0.1) is 11.8 Å². The second-order valence-electron chi connectivity index (χ2n) is 7.27. The Labute approximate surface area is 143 Å². The van der Waals surface area contributed by atoms with Gasteiger partial charge >= 0.3 is 0 Å². The van der Waals surface area contributed by atoms with Crippen molar-refractivity contribution < 1.29 is 29.5 Å². The lowest BCUT2D eigenvalue weighted by atomic mass is 9.88. The van der Waals surface area contributed by atoms with Gasteiger partial charge in [-0.25, -0.2) is 0 Å². The van der Waals surface area contributed by atoms with E-state index in [0.29, 0.717) is 6.42 Å². The third kappa shape index (κ3) is 3.76. The first-order valence-corrected chi connectivity index (χ1v) is 8.70. The van der Waals surface area contributed by atoms with Crippen molar-refractivity contribution in [1.82, 2.24) is 0 Å². The van der Waals surface area contributed by atoms with Gasteiger partial charge in [0.2, 0.25) is 0 Å². The molecule has 0 saturated carbocycles. The average molecular weight is 348 g/mol. The van der Waals surface area contributed by atoms with Crippen LogP contribution in [0.5, 0.6) is 0 Å². The van der Waals surface area contributed by atoms with Crippen molar-refractivity contribution in [3.8, 4) is 0 Å². The summed E-state index contributed by atoms with van der Waals surface area (Å²) in [5.74, 6) is -0.312. The quantitative estimate of drug-likeness (QED) is 0.431. The summed E-state index contributed by atoms with van der Waals surface area (Å²) in [4.78, 5) is 0. The monoisotopic (exact) mass is 348 g/mol. The van der Waals surface area contributed by atoms with Gasteiger partial charge in [0.1, 0.15) is 24.5 Å². The smallest absolute Gasteiger partial charge is 0.176 e. The van der Waals surface area contributed by atoms with Crippen LogP contribution in [0.25, 0.3) is 0 Å². The molecule has 7 N–H and O–H groups in total. The lowest BCUT2D eigenvalue weighted by Crippen LogP contribution is -2.65. The molecular weight excluding hydrogens is 316 g/mol. The summed E-state index contributed by atoms with van der Waals surface area (Å²) < 4.78 is 17.3. The molecule has 0 spiro atoms. The fourth-order valence-electron chi connectivity index (χ4n) is 3.47. The van der Waals surface area contributed by atoms with Crippen molar-refractivity contribution in [2.45, 2.75) is 89.3 Å². The molecule has 2 saturated heterocycles. The van der Waals surface area contributed by atoms with Crippen LogP contribution >= 0.6 is 0 Å². The van der Waals surface area contributed by atoms with Gasteiger partial charge in [-0.3, -0.25) is 0 Å². The van der Waals surface area contributed by atoms with Gasteiger partial charge in [-0.15, -0.1) is 0 Å². The van der Waals surface area contributed by atoms with E-state index in [1.165, 1.54) is 0 Å². The minimum absolute atomic E-state index is 0.0305. The molecule has 2 aliphatic rings. The van der Waals surface area contributed by atoms with Crippen LogP contribution in [-0.4, -0.2) is 70.5 Å². The summed E-state index contributed by atoms with van der Waals surface area (Å²) in [6.45, 7) is 7.50. The molecule has 2 fully saturated rings. The second-order valence-corrected chi connectivity index (χ2v) is 7.27. The first-order chi connectivity index (χ1) is 11.2. The van der Waals surface area contributed by atoms with Gasteiger partial charge in [0.05, 0.1) is 24.4 Å². The van der Waals surface area contributed by atoms with Gasteiger partial charge < -0.3 is 41.0 Å². The maximum Gasteiger partial charge on any atom is 0.176 e. The summed E-state index contributed by atoms with van der Waals surface area (Å²) in [6.07, 6.45) is -5.56. The maximum absolute atomic E-state index is 10.3. The zero-order valence-corrected chi connectivity index (χ0v) is 14.8. The SMILES string of the molecule is CC[C@@H]1OC(N)[C@@H](O[C@H]2OC(C(C)C)[C@@H](O)[C@H](O)C2N)[C@H](C)C1O. The zero-order valence-electron chi connectivity index (χ0n) is 14.8. The third-order valence-electron chi connectivity index (χ3n) is 5.13. The highest BCUT2D eigenvalue weighted by Crippen LogP contribution is 2.32. The van der Waals surface area contributed by atoms with E-state index >= 15 is 0 Å². The van der Waals surface area contributed by atoms with E-state index in [1.54, 1.807) is 0 Å². The summed E-state index contributed by atoms with van der Waals surface area (Å²) in [5.41, 5.74) is 12.0. The highest BCUT2D eigenvalue weighted by molar-refractivity contribution is 4.95. The van der Waals surface area contributed by atoms with Crippen molar-refractivity contribution in [2.24, 2.45) is 23.3 Å². The Bertz CT molecular complexity index is 412. The molecule has 0 aliphatic carbocycles. The van der Waals surface area contributed by atoms with Crippen LogP contribution in [0.3, 0.4) is 0 Å². The van der Waals surface area contributed by atoms with E-state index in [-0.39, 0.29) is 17.9 Å². The Hall–Kier alpha value is -0.320. The molecule has 142 valence electrons. The Morgan fingerprint density at radius 1 is 1.04 bits per heavy atom. The number of rotatable bonds is 4. The fraction of sp³-hybridized carbons (Fsp3) is 1.00. The number of aliphatic hydroxyl groups excluding tert-OH is 3. The van der Waals surface area contributed by atoms with E-state index in [1.807, 2.05) is 27.7 Å². The number of nitrogens with two attached hydrogens (primary N) is 2. The summed E-state index contributed by atoms with van der Waals surface area (Å²) in [7, 11) is 0. The molecule has 4 unspecified atom stereocenters. The molecule has 10 atom stereocenters. The van der Waals surface area contributed by atoms with Gasteiger partial charge in [0, 0.05) is 5.92 Å². The van der Waals surface area contributed by atoms with Crippen LogP contribution in [0.15, 0.2) is 0 Å². The molecule has 2 heterocycles. The first-order valence-electron chi connectivity index (χ1n) is 8.70. The van der Waals surface area contributed by atoms with Crippen molar-refractivity contribution >= 4 is 0 Å². The average Bonchev–Trinajstić information content (AvgIpc) is 2.54. The molecule has 0 bridgehead atoms. The van der Waals surface area contributed by atoms with Crippen LogP contribution in [0.2, 0.25) is 0 Å². The van der Waals surface area contributed by atoms with Crippen molar-refractivity contribution in [3.63, 3.8) is 0 Å². The molecule has 24 heavy (non-hydrogen) atoms. The molecule has 8 heteroatoms. The second kappa shape index (κ2) is 7.92. The Morgan fingerprint density at radius 2 is 1.67 bits per heavy atom. The molecule has 0 amide bonds. The Balaban J connectivity index is 2.10. The highest BCUT2D eigenvalue weighted by atomic mass is 16.7. The van der Waals surface area contributed by atoms with Gasteiger partial charge in [0.25, 0.3) is 0 Å². The van der Waals surface area contributed by atoms with Gasteiger partial charge in [0.15, 0.2) is 6.29 Å². The first kappa shape index (κ1) is 20.0. The standard InChI is InChI=1S/C16H32N2O6/c1-5-8-10(19)7(4)14(15(18)22-8)24-16-9(17)11(20)12(21)13(23-16)6(2)3/h6-16,19-21H,5,17-18H2,1-4H3/t7-,8+,9?,10?,11-,12+,13?,14+,15?,16-/m1/s1. The van der Waals surface area contributed by atoms with Crippen molar-refractivity contribution in [3.05, 3.63) is 0 Å². The third-order valence-corrected chi connectivity index (χ3v) is 5.13. The minimum Gasteiger partial charge on any atom is -0.390 e. The number of ether oxygens (including phenoxy) is 3. The Morgan fingerprint density at radius 3 is 2.21 bits per heavy atom. The zero-order chi connectivity index (χ0) is 18.2. The molecule has 0 aromatic heterocycles. The van der Waals surface area contributed by atoms with Gasteiger partial charge in [-0.2, -0.15) is 0 Å². The maximum atomic E-state index is 10.3. The minimum atomic E-state index is -1.17. The topological polar surface area (TPSA) is 140 Å². The molecule has 8 nitrogen and oxygen atoms in total. The van der Waals surface area contributed by atoms with Gasteiger partial charge in [-0.1, -0.05) is 27.7 Å². The number of hydrogen-bond donors (Lipinski definition) is 5. The van der Waals surface area contributed by atoms with Crippen molar-refractivity contribution in [2.75, 3.05) is 0 Å².